The maximum absolute atomic E-state index is 11.2. The average molecular weight is 280 g/mol. The molecule has 1 unspecified atom stereocenters. The van der Waals surface area contributed by atoms with Crippen LogP contribution >= 0.6 is 0 Å². The number of hydrogen-bond acceptors (Lipinski definition) is 4. The van der Waals surface area contributed by atoms with Crippen LogP contribution < -0.4 is 10.1 Å². The standard InChI is InChI=1S/C15H24N2O3/c1-4-5-8-13(15(18)19)16-11(2)10-12-7-6-9-14(17-12)20-3/h6-7,9,11,13,16H,4-5,8,10H2,1-3H3,(H,18,19)/t11?,13-/m0/s1. The molecular weight excluding hydrogens is 256 g/mol. The highest BCUT2D eigenvalue weighted by molar-refractivity contribution is 5.73. The van der Waals surface area contributed by atoms with Crippen molar-refractivity contribution >= 4 is 5.97 Å². The number of rotatable bonds is 9. The summed E-state index contributed by atoms with van der Waals surface area (Å²) in [5.74, 6) is -0.209. The molecule has 5 heteroatoms. The Morgan fingerprint density at radius 3 is 2.85 bits per heavy atom. The average Bonchev–Trinajstić information content (AvgIpc) is 2.43. The van der Waals surface area contributed by atoms with Gasteiger partial charge in [-0.25, -0.2) is 4.98 Å². The Morgan fingerprint density at radius 1 is 1.50 bits per heavy atom. The van der Waals surface area contributed by atoms with Crippen LogP contribution in [-0.2, 0) is 11.2 Å². The van der Waals surface area contributed by atoms with Gasteiger partial charge in [0.1, 0.15) is 6.04 Å². The first-order valence-electron chi connectivity index (χ1n) is 7.05. The van der Waals surface area contributed by atoms with E-state index in [1.165, 1.54) is 0 Å². The molecule has 0 aliphatic carbocycles. The van der Waals surface area contributed by atoms with E-state index in [4.69, 9.17) is 4.74 Å². The fourth-order valence-electron chi connectivity index (χ4n) is 2.09. The van der Waals surface area contributed by atoms with Crippen LogP contribution in [0.5, 0.6) is 5.88 Å². The van der Waals surface area contributed by atoms with Gasteiger partial charge in [-0.1, -0.05) is 25.8 Å². The molecular formula is C15H24N2O3. The van der Waals surface area contributed by atoms with Gasteiger partial charge in [0.05, 0.1) is 7.11 Å². The van der Waals surface area contributed by atoms with E-state index in [1.54, 1.807) is 13.2 Å². The van der Waals surface area contributed by atoms with Crippen LogP contribution in [0.2, 0.25) is 0 Å². The Labute approximate surface area is 120 Å². The summed E-state index contributed by atoms with van der Waals surface area (Å²) in [5.41, 5.74) is 0.893. The fourth-order valence-corrected chi connectivity index (χ4v) is 2.09. The van der Waals surface area contributed by atoms with Gasteiger partial charge in [0.15, 0.2) is 0 Å². The second-order valence-electron chi connectivity index (χ2n) is 4.98. The smallest absolute Gasteiger partial charge is 0.320 e. The number of hydrogen-bond donors (Lipinski definition) is 2. The van der Waals surface area contributed by atoms with Gasteiger partial charge in [-0.15, -0.1) is 0 Å². The lowest BCUT2D eigenvalue weighted by Crippen LogP contribution is -2.43. The van der Waals surface area contributed by atoms with E-state index >= 15 is 0 Å². The number of methoxy groups -OCH3 is 1. The summed E-state index contributed by atoms with van der Waals surface area (Å²) < 4.78 is 5.08. The van der Waals surface area contributed by atoms with Crippen LogP contribution in [0.25, 0.3) is 0 Å². The van der Waals surface area contributed by atoms with E-state index in [2.05, 4.69) is 17.2 Å². The molecule has 1 aromatic heterocycles. The van der Waals surface area contributed by atoms with Gasteiger partial charge >= 0.3 is 5.97 Å². The van der Waals surface area contributed by atoms with Crippen molar-refractivity contribution in [2.75, 3.05) is 7.11 Å². The lowest BCUT2D eigenvalue weighted by atomic mass is 10.1. The number of pyridine rings is 1. The topological polar surface area (TPSA) is 71.5 Å². The van der Waals surface area contributed by atoms with Crippen LogP contribution in [0.4, 0.5) is 0 Å². The molecule has 2 N–H and O–H groups in total. The number of nitrogens with one attached hydrogen (secondary N) is 1. The lowest BCUT2D eigenvalue weighted by molar-refractivity contribution is -0.139. The number of unbranched alkanes of at least 4 members (excludes halogenated alkanes) is 1. The molecule has 0 fully saturated rings. The molecule has 0 saturated carbocycles. The van der Waals surface area contributed by atoms with Gasteiger partial charge in [-0.3, -0.25) is 4.79 Å². The van der Waals surface area contributed by atoms with Crippen molar-refractivity contribution in [3.63, 3.8) is 0 Å². The highest BCUT2D eigenvalue weighted by atomic mass is 16.5. The predicted molar refractivity (Wildman–Crippen MR) is 78.0 cm³/mol. The van der Waals surface area contributed by atoms with Gasteiger partial charge in [0, 0.05) is 24.2 Å². The van der Waals surface area contributed by atoms with E-state index in [1.807, 2.05) is 19.1 Å². The van der Waals surface area contributed by atoms with Crippen LogP contribution in [0.1, 0.15) is 38.8 Å². The zero-order chi connectivity index (χ0) is 15.0. The SMILES string of the molecule is CCCC[C@H](NC(C)Cc1cccc(OC)n1)C(=O)O. The van der Waals surface area contributed by atoms with E-state index < -0.39 is 12.0 Å². The first-order chi connectivity index (χ1) is 9.56. The normalized spacial score (nSPS) is 13.8. The third kappa shape index (κ3) is 5.57. The zero-order valence-electron chi connectivity index (χ0n) is 12.4. The van der Waals surface area contributed by atoms with Gasteiger partial charge in [0.2, 0.25) is 5.88 Å². The molecule has 0 radical (unpaired) electrons. The summed E-state index contributed by atoms with van der Waals surface area (Å²) in [5, 5.41) is 12.4. The van der Waals surface area contributed by atoms with Crippen molar-refractivity contribution in [2.45, 2.75) is 51.6 Å². The summed E-state index contributed by atoms with van der Waals surface area (Å²) in [7, 11) is 1.58. The van der Waals surface area contributed by atoms with Gasteiger partial charge in [0.25, 0.3) is 0 Å². The molecule has 0 aromatic carbocycles. The van der Waals surface area contributed by atoms with Gasteiger partial charge in [-0.05, 0) is 19.4 Å². The Morgan fingerprint density at radius 2 is 2.25 bits per heavy atom. The Balaban J connectivity index is 2.55. The Hall–Kier alpha value is -1.62. The minimum Gasteiger partial charge on any atom is -0.481 e. The summed E-state index contributed by atoms with van der Waals surface area (Å²) >= 11 is 0. The predicted octanol–water partition coefficient (Wildman–Crippen LogP) is 2.25. The number of aliphatic carboxylic acids is 1. The number of ether oxygens (including phenoxy) is 1. The van der Waals surface area contributed by atoms with Crippen molar-refractivity contribution in [2.24, 2.45) is 0 Å². The maximum atomic E-state index is 11.2. The highest BCUT2D eigenvalue weighted by Crippen LogP contribution is 2.09. The van der Waals surface area contributed by atoms with Crippen LogP contribution in [-0.4, -0.2) is 35.3 Å². The minimum atomic E-state index is -0.788. The molecule has 5 nitrogen and oxygen atoms in total. The number of nitrogens with zero attached hydrogens (tertiary/aromatic N) is 1. The van der Waals surface area contributed by atoms with Crippen molar-refractivity contribution in [1.29, 1.82) is 0 Å². The van der Waals surface area contributed by atoms with E-state index in [9.17, 15) is 9.90 Å². The monoisotopic (exact) mass is 280 g/mol. The number of carboxylic acids is 1. The highest BCUT2D eigenvalue weighted by Gasteiger charge is 2.19. The molecule has 0 aliphatic rings. The third-order valence-corrected chi connectivity index (χ3v) is 3.14. The van der Waals surface area contributed by atoms with Crippen LogP contribution in [0.15, 0.2) is 18.2 Å². The molecule has 20 heavy (non-hydrogen) atoms. The van der Waals surface area contributed by atoms with E-state index in [0.29, 0.717) is 18.7 Å². The first-order valence-corrected chi connectivity index (χ1v) is 7.05. The summed E-state index contributed by atoms with van der Waals surface area (Å²) in [6.45, 7) is 4.03. The number of carbonyl (C=O) groups is 1. The van der Waals surface area contributed by atoms with E-state index in [0.717, 1.165) is 18.5 Å². The molecule has 0 bridgehead atoms. The van der Waals surface area contributed by atoms with Gasteiger partial charge in [-0.2, -0.15) is 0 Å². The third-order valence-electron chi connectivity index (χ3n) is 3.14. The maximum Gasteiger partial charge on any atom is 0.320 e. The molecule has 2 atom stereocenters. The second kappa shape index (κ2) is 8.53. The van der Waals surface area contributed by atoms with E-state index in [-0.39, 0.29) is 6.04 Å². The largest absolute Gasteiger partial charge is 0.481 e. The van der Waals surface area contributed by atoms with Crippen LogP contribution in [0.3, 0.4) is 0 Å². The Bertz CT molecular complexity index is 423. The molecule has 1 rings (SSSR count). The molecule has 112 valence electrons. The van der Waals surface area contributed by atoms with Crippen molar-refractivity contribution < 1.29 is 14.6 Å². The van der Waals surface area contributed by atoms with Gasteiger partial charge < -0.3 is 15.2 Å². The number of aromatic nitrogens is 1. The summed E-state index contributed by atoms with van der Waals surface area (Å²) in [6, 6.07) is 5.16. The molecule has 1 aromatic rings. The quantitative estimate of drug-likeness (QED) is 0.726. The minimum absolute atomic E-state index is 0.0487. The van der Waals surface area contributed by atoms with Crippen molar-refractivity contribution in [1.82, 2.24) is 10.3 Å². The summed E-state index contributed by atoms with van der Waals surface area (Å²) in [4.78, 5) is 15.5. The van der Waals surface area contributed by atoms with Crippen molar-refractivity contribution in [3.05, 3.63) is 23.9 Å². The molecule has 0 spiro atoms. The summed E-state index contributed by atoms with van der Waals surface area (Å²) in [6.07, 6.45) is 3.24. The Kier molecular flexibility index (Phi) is 7.01. The van der Waals surface area contributed by atoms with Crippen LogP contribution in [0, 0.1) is 0 Å². The molecule has 0 saturated heterocycles. The molecule has 0 aliphatic heterocycles. The molecule has 1 heterocycles. The zero-order valence-corrected chi connectivity index (χ0v) is 12.4. The number of carboxylic acid groups (broad SMARTS) is 1. The molecule has 0 amide bonds. The second-order valence-corrected chi connectivity index (χ2v) is 4.98. The van der Waals surface area contributed by atoms with Crippen molar-refractivity contribution in [3.8, 4) is 5.88 Å². The lowest BCUT2D eigenvalue weighted by Gasteiger charge is -2.20. The first kappa shape index (κ1) is 16.4. The fraction of sp³-hybridized carbons (Fsp3) is 0.600.